The van der Waals surface area contributed by atoms with Gasteiger partial charge in [0.1, 0.15) is 5.69 Å². The molecular formula is C19H16N4OS. The summed E-state index contributed by atoms with van der Waals surface area (Å²) < 4.78 is 1.81. The number of hydrogen-bond donors (Lipinski definition) is 1. The van der Waals surface area contributed by atoms with Gasteiger partial charge in [-0.1, -0.05) is 25.1 Å². The molecule has 0 aliphatic carbocycles. The summed E-state index contributed by atoms with van der Waals surface area (Å²) >= 11 is 1.63. The molecule has 5 nitrogen and oxygen atoms in total. The molecule has 0 saturated heterocycles. The number of rotatable bonds is 4. The zero-order valence-electron chi connectivity index (χ0n) is 13.6. The fraction of sp³-hybridized carbons (Fsp3) is 0.105. The first-order valence-corrected chi connectivity index (χ1v) is 8.97. The third kappa shape index (κ3) is 3.04. The highest BCUT2D eigenvalue weighted by Crippen LogP contribution is 2.23. The lowest BCUT2D eigenvalue weighted by atomic mass is 10.2. The Morgan fingerprint density at radius 3 is 2.76 bits per heavy atom. The largest absolute Gasteiger partial charge is 0.321 e. The SMILES string of the molecule is CCc1cc(C(=O)Nc2ccccc2)nc2cc(-c3ccsc3)nn12. The molecule has 25 heavy (non-hydrogen) atoms. The van der Waals surface area contributed by atoms with Crippen LogP contribution in [-0.2, 0) is 6.42 Å². The third-order valence-corrected chi connectivity index (χ3v) is 4.63. The molecule has 0 aliphatic heterocycles. The zero-order valence-corrected chi connectivity index (χ0v) is 14.5. The van der Waals surface area contributed by atoms with Gasteiger partial charge in [0.15, 0.2) is 5.65 Å². The highest BCUT2D eigenvalue weighted by Gasteiger charge is 2.14. The summed E-state index contributed by atoms with van der Waals surface area (Å²) in [4.78, 5) is 17.1. The molecular weight excluding hydrogens is 332 g/mol. The number of carbonyl (C=O) groups excluding carboxylic acids is 1. The molecule has 0 atom stereocenters. The first-order chi connectivity index (χ1) is 12.2. The monoisotopic (exact) mass is 348 g/mol. The molecule has 4 rings (SSSR count). The lowest BCUT2D eigenvalue weighted by molar-refractivity contribution is 0.102. The molecule has 0 unspecified atom stereocenters. The second-order valence-corrected chi connectivity index (χ2v) is 6.40. The Bertz CT molecular complexity index is 1020. The minimum absolute atomic E-state index is 0.221. The maximum Gasteiger partial charge on any atom is 0.274 e. The second kappa shape index (κ2) is 6.49. The number of para-hydroxylation sites is 1. The van der Waals surface area contributed by atoms with E-state index in [9.17, 15) is 4.79 Å². The van der Waals surface area contributed by atoms with Crippen molar-refractivity contribution in [2.45, 2.75) is 13.3 Å². The van der Waals surface area contributed by atoms with Gasteiger partial charge < -0.3 is 5.32 Å². The van der Waals surface area contributed by atoms with Gasteiger partial charge in [-0.2, -0.15) is 16.4 Å². The minimum atomic E-state index is -0.221. The Morgan fingerprint density at radius 2 is 2.04 bits per heavy atom. The summed E-state index contributed by atoms with van der Waals surface area (Å²) in [5, 5.41) is 11.6. The van der Waals surface area contributed by atoms with Crippen LogP contribution < -0.4 is 5.32 Å². The van der Waals surface area contributed by atoms with Crippen molar-refractivity contribution in [1.29, 1.82) is 0 Å². The van der Waals surface area contributed by atoms with Crippen LogP contribution in [0.1, 0.15) is 23.1 Å². The van der Waals surface area contributed by atoms with E-state index in [0.29, 0.717) is 11.3 Å². The molecule has 0 bridgehead atoms. The molecule has 0 saturated carbocycles. The van der Waals surface area contributed by atoms with Crippen molar-refractivity contribution in [3.8, 4) is 11.3 Å². The number of carbonyl (C=O) groups is 1. The average molecular weight is 348 g/mol. The van der Waals surface area contributed by atoms with E-state index in [0.717, 1.165) is 29.1 Å². The maximum absolute atomic E-state index is 12.6. The van der Waals surface area contributed by atoms with Crippen molar-refractivity contribution in [2.24, 2.45) is 0 Å². The standard InChI is InChI=1S/C19H16N4OS/c1-2-15-10-17(19(24)20-14-6-4-3-5-7-14)21-18-11-16(22-23(15)18)13-8-9-25-12-13/h3-12H,2H2,1H3,(H,20,24). The second-order valence-electron chi connectivity index (χ2n) is 5.62. The van der Waals surface area contributed by atoms with E-state index in [-0.39, 0.29) is 5.91 Å². The zero-order chi connectivity index (χ0) is 17.2. The Morgan fingerprint density at radius 1 is 1.20 bits per heavy atom. The number of nitrogens with zero attached hydrogens (tertiary/aromatic N) is 3. The molecule has 1 N–H and O–H groups in total. The summed E-state index contributed by atoms with van der Waals surface area (Å²) in [5.41, 5.74) is 4.70. The molecule has 3 heterocycles. The van der Waals surface area contributed by atoms with Gasteiger partial charge in [0, 0.05) is 28.4 Å². The van der Waals surface area contributed by atoms with E-state index in [1.165, 1.54) is 0 Å². The summed E-state index contributed by atoms with van der Waals surface area (Å²) in [6.07, 6.45) is 0.759. The Labute approximate surface area is 149 Å². The molecule has 1 aromatic carbocycles. The number of aryl methyl sites for hydroxylation is 1. The van der Waals surface area contributed by atoms with Gasteiger partial charge in [-0.05, 0) is 36.1 Å². The minimum Gasteiger partial charge on any atom is -0.321 e. The lowest BCUT2D eigenvalue weighted by Crippen LogP contribution is -2.15. The number of nitrogens with one attached hydrogen (secondary N) is 1. The van der Waals surface area contributed by atoms with Crippen LogP contribution in [0, 0.1) is 0 Å². The normalized spacial score (nSPS) is 10.9. The molecule has 0 fully saturated rings. The van der Waals surface area contributed by atoms with Crippen molar-refractivity contribution < 1.29 is 4.79 Å². The fourth-order valence-corrected chi connectivity index (χ4v) is 3.32. The molecule has 1 amide bonds. The van der Waals surface area contributed by atoms with Crippen LogP contribution in [0.15, 0.2) is 59.3 Å². The predicted octanol–water partition coefficient (Wildman–Crippen LogP) is 4.27. The van der Waals surface area contributed by atoms with Gasteiger partial charge in [-0.15, -0.1) is 0 Å². The quantitative estimate of drug-likeness (QED) is 0.599. The van der Waals surface area contributed by atoms with E-state index in [4.69, 9.17) is 0 Å². The van der Waals surface area contributed by atoms with E-state index in [1.54, 1.807) is 17.4 Å². The van der Waals surface area contributed by atoms with Crippen LogP contribution >= 0.6 is 11.3 Å². The van der Waals surface area contributed by atoms with Crippen LogP contribution in [0.3, 0.4) is 0 Å². The number of fused-ring (bicyclic) bond motifs is 1. The average Bonchev–Trinajstić information content (AvgIpc) is 3.30. The summed E-state index contributed by atoms with van der Waals surface area (Å²) in [5.74, 6) is -0.221. The van der Waals surface area contributed by atoms with E-state index < -0.39 is 0 Å². The number of thiophene rings is 1. The Balaban J connectivity index is 1.73. The predicted molar refractivity (Wildman–Crippen MR) is 100 cm³/mol. The van der Waals surface area contributed by atoms with E-state index in [1.807, 2.05) is 59.3 Å². The number of aromatic nitrogens is 3. The van der Waals surface area contributed by atoms with Crippen LogP contribution in [0.4, 0.5) is 5.69 Å². The number of hydrogen-bond acceptors (Lipinski definition) is 4. The van der Waals surface area contributed by atoms with Crippen molar-refractivity contribution >= 4 is 28.6 Å². The van der Waals surface area contributed by atoms with E-state index >= 15 is 0 Å². The smallest absolute Gasteiger partial charge is 0.274 e. The number of anilines is 1. The highest BCUT2D eigenvalue weighted by molar-refractivity contribution is 7.08. The first kappa shape index (κ1) is 15.5. The van der Waals surface area contributed by atoms with Gasteiger partial charge in [0.05, 0.1) is 5.69 Å². The van der Waals surface area contributed by atoms with Crippen molar-refractivity contribution in [1.82, 2.24) is 14.6 Å². The number of benzene rings is 1. The van der Waals surface area contributed by atoms with Crippen molar-refractivity contribution in [3.63, 3.8) is 0 Å². The molecule has 0 radical (unpaired) electrons. The van der Waals surface area contributed by atoms with Gasteiger partial charge in [0.2, 0.25) is 0 Å². The maximum atomic E-state index is 12.6. The Hall–Kier alpha value is -2.99. The lowest BCUT2D eigenvalue weighted by Gasteiger charge is -2.07. The molecule has 4 aromatic rings. The van der Waals surface area contributed by atoms with Crippen molar-refractivity contribution in [3.05, 3.63) is 70.7 Å². The van der Waals surface area contributed by atoms with Gasteiger partial charge in [-0.25, -0.2) is 9.50 Å². The highest BCUT2D eigenvalue weighted by atomic mass is 32.1. The van der Waals surface area contributed by atoms with Gasteiger partial charge >= 0.3 is 0 Å². The molecule has 0 spiro atoms. The van der Waals surface area contributed by atoms with Gasteiger partial charge in [-0.3, -0.25) is 4.79 Å². The summed E-state index contributed by atoms with van der Waals surface area (Å²) in [6.45, 7) is 2.04. The molecule has 6 heteroatoms. The topological polar surface area (TPSA) is 59.3 Å². The summed E-state index contributed by atoms with van der Waals surface area (Å²) in [7, 11) is 0. The Kier molecular flexibility index (Phi) is 4.03. The first-order valence-electron chi connectivity index (χ1n) is 8.03. The molecule has 0 aliphatic rings. The molecule has 124 valence electrons. The van der Waals surface area contributed by atoms with E-state index in [2.05, 4.69) is 20.8 Å². The third-order valence-electron chi connectivity index (χ3n) is 3.94. The van der Waals surface area contributed by atoms with Crippen LogP contribution in [0.2, 0.25) is 0 Å². The fourth-order valence-electron chi connectivity index (χ4n) is 2.67. The number of amides is 1. The van der Waals surface area contributed by atoms with Crippen LogP contribution in [0.5, 0.6) is 0 Å². The van der Waals surface area contributed by atoms with Crippen LogP contribution in [-0.4, -0.2) is 20.5 Å². The van der Waals surface area contributed by atoms with Crippen molar-refractivity contribution in [2.75, 3.05) is 5.32 Å². The molecule has 3 aromatic heterocycles. The summed E-state index contributed by atoms with van der Waals surface area (Å²) in [6, 6.07) is 15.1. The van der Waals surface area contributed by atoms with Crippen LogP contribution in [0.25, 0.3) is 16.9 Å². The van der Waals surface area contributed by atoms with Gasteiger partial charge in [0.25, 0.3) is 5.91 Å².